The van der Waals surface area contributed by atoms with Crippen LogP contribution in [0.25, 0.3) is 0 Å². The Kier molecular flexibility index (Phi) is 3.69. The largest absolute Gasteiger partial charge is 0.481 e. The van der Waals surface area contributed by atoms with Gasteiger partial charge >= 0.3 is 5.97 Å². The van der Waals surface area contributed by atoms with E-state index in [1.165, 1.54) is 0 Å². The van der Waals surface area contributed by atoms with Crippen LogP contribution in [-0.2, 0) is 9.59 Å². The molecule has 0 aromatic carbocycles. The summed E-state index contributed by atoms with van der Waals surface area (Å²) in [7, 11) is 0. The van der Waals surface area contributed by atoms with Gasteiger partial charge in [0.25, 0.3) is 0 Å². The fourth-order valence-corrected chi connectivity index (χ4v) is 2.92. The molecule has 2 rings (SSSR count). The van der Waals surface area contributed by atoms with Crippen LogP contribution in [0.15, 0.2) is 0 Å². The number of hydrogen-bond donors (Lipinski definition) is 1. The smallest absolute Gasteiger partial charge is 0.307 e. The number of rotatable bonds is 4. The fourth-order valence-electron chi connectivity index (χ4n) is 2.92. The highest BCUT2D eigenvalue weighted by atomic mass is 16.4. The van der Waals surface area contributed by atoms with Crippen molar-refractivity contribution in [2.75, 3.05) is 6.54 Å². The van der Waals surface area contributed by atoms with E-state index in [0.717, 1.165) is 32.1 Å². The first-order chi connectivity index (χ1) is 8.15. The molecule has 0 aromatic heterocycles. The van der Waals surface area contributed by atoms with Gasteiger partial charge < -0.3 is 10.0 Å². The molecule has 0 spiro atoms. The van der Waals surface area contributed by atoms with Crippen LogP contribution in [0.2, 0.25) is 0 Å². The molecule has 0 radical (unpaired) electrons. The standard InChI is InChI=1S/C13H21NO3/c1-2-14(9-7-8-9)12(15)10-5-3-4-6-11(10)13(16)17/h9-11H,2-8H2,1H3,(H,16,17). The van der Waals surface area contributed by atoms with Gasteiger partial charge in [-0.25, -0.2) is 0 Å². The Bertz CT molecular complexity index is 312. The normalized spacial score (nSPS) is 28.8. The molecule has 0 bridgehead atoms. The average molecular weight is 239 g/mol. The van der Waals surface area contributed by atoms with Crippen LogP contribution in [0.5, 0.6) is 0 Å². The van der Waals surface area contributed by atoms with E-state index in [4.69, 9.17) is 0 Å². The number of amides is 1. The van der Waals surface area contributed by atoms with E-state index >= 15 is 0 Å². The average Bonchev–Trinajstić information content (AvgIpc) is 3.14. The van der Waals surface area contributed by atoms with Gasteiger partial charge in [0.2, 0.25) is 5.91 Å². The molecule has 4 nitrogen and oxygen atoms in total. The summed E-state index contributed by atoms with van der Waals surface area (Å²) in [4.78, 5) is 25.5. The minimum absolute atomic E-state index is 0.0853. The van der Waals surface area contributed by atoms with E-state index < -0.39 is 11.9 Å². The third-order valence-electron chi connectivity index (χ3n) is 4.01. The van der Waals surface area contributed by atoms with Crippen molar-refractivity contribution in [3.63, 3.8) is 0 Å². The van der Waals surface area contributed by atoms with Gasteiger partial charge in [-0.3, -0.25) is 9.59 Å². The number of carbonyl (C=O) groups is 2. The lowest BCUT2D eigenvalue weighted by atomic mass is 9.78. The first-order valence-electron chi connectivity index (χ1n) is 6.68. The van der Waals surface area contributed by atoms with Crippen LogP contribution in [0.3, 0.4) is 0 Å². The summed E-state index contributed by atoms with van der Waals surface area (Å²) >= 11 is 0. The van der Waals surface area contributed by atoms with Crippen LogP contribution < -0.4 is 0 Å². The van der Waals surface area contributed by atoms with E-state index in [1.807, 2.05) is 11.8 Å². The zero-order chi connectivity index (χ0) is 12.4. The van der Waals surface area contributed by atoms with Crippen LogP contribution in [-0.4, -0.2) is 34.5 Å². The molecule has 0 heterocycles. The maximum atomic E-state index is 12.4. The number of nitrogens with zero attached hydrogens (tertiary/aromatic N) is 1. The Morgan fingerprint density at radius 3 is 2.18 bits per heavy atom. The maximum absolute atomic E-state index is 12.4. The molecule has 96 valence electrons. The summed E-state index contributed by atoms with van der Waals surface area (Å²) in [6, 6.07) is 0.392. The van der Waals surface area contributed by atoms with Crippen molar-refractivity contribution in [2.24, 2.45) is 11.8 Å². The summed E-state index contributed by atoms with van der Waals surface area (Å²) in [6.45, 7) is 2.70. The summed E-state index contributed by atoms with van der Waals surface area (Å²) in [6.07, 6.45) is 5.51. The second-order valence-corrected chi connectivity index (χ2v) is 5.19. The fraction of sp³-hybridized carbons (Fsp3) is 0.846. The Balaban J connectivity index is 2.06. The molecular formula is C13H21NO3. The molecule has 2 aliphatic carbocycles. The molecule has 0 aliphatic heterocycles. The molecule has 2 aliphatic rings. The minimum Gasteiger partial charge on any atom is -0.481 e. The van der Waals surface area contributed by atoms with E-state index in [1.54, 1.807) is 0 Å². The molecule has 17 heavy (non-hydrogen) atoms. The summed E-state index contributed by atoms with van der Waals surface area (Å²) in [5.41, 5.74) is 0. The topological polar surface area (TPSA) is 57.6 Å². The number of carboxylic acids is 1. The van der Waals surface area contributed by atoms with Crippen molar-refractivity contribution < 1.29 is 14.7 Å². The number of carboxylic acid groups (broad SMARTS) is 1. The highest BCUT2D eigenvalue weighted by Gasteiger charge is 2.41. The monoisotopic (exact) mass is 239 g/mol. The van der Waals surface area contributed by atoms with Gasteiger partial charge in [0.05, 0.1) is 11.8 Å². The lowest BCUT2D eigenvalue weighted by Gasteiger charge is -2.32. The molecule has 4 heteroatoms. The highest BCUT2D eigenvalue weighted by molar-refractivity contribution is 5.85. The number of aliphatic carboxylic acids is 1. The third-order valence-corrected chi connectivity index (χ3v) is 4.01. The SMILES string of the molecule is CCN(C(=O)C1CCCCC1C(=O)O)C1CC1. The Hall–Kier alpha value is -1.06. The maximum Gasteiger partial charge on any atom is 0.307 e. The van der Waals surface area contributed by atoms with E-state index in [2.05, 4.69) is 0 Å². The lowest BCUT2D eigenvalue weighted by molar-refractivity contribution is -0.152. The molecule has 1 amide bonds. The third kappa shape index (κ3) is 2.61. The number of hydrogen-bond acceptors (Lipinski definition) is 2. The van der Waals surface area contributed by atoms with Crippen molar-refractivity contribution in [2.45, 2.75) is 51.5 Å². The second-order valence-electron chi connectivity index (χ2n) is 5.19. The molecule has 0 aromatic rings. The van der Waals surface area contributed by atoms with Crippen molar-refractivity contribution >= 4 is 11.9 Å². The first-order valence-corrected chi connectivity index (χ1v) is 6.68. The van der Waals surface area contributed by atoms with Gasteiger partial charge in [-0.15, -0.1) is 0 Å². The second kappa shape index (κ2) is 5.07. The Morgan fingerprint density at radius 2 is 1.71 bits per heavy atom. The molecule has 2 saturated carbocycles. The van der Waals surface area contributed by atoms with Gasteiger partial charge in [-0.1, -0.05) is 12.8 Å². The van der Waals surface area contributed by atoms with Gasteiger partial charge in [0.1, 0.15) is 0 Å². The van der Waals surface area contributed by atoms with Crippen LogP contribution in [0.4, 0.5) is 0 Å². The lowest BCUT2D eigenvalue weighted by Crippen LogP contribution is -2.43. The van der Waals surface area contributed by atoms with Crippen LogP contribution >= 0.6 is 0 Å². The van der Waals surface area contributed by atoms with E-state index in [9.17, 15) is 14.7 Å². The van der Waals surface area contributed by atoms with Gasteiger partial charge in [-0.05, 0) is 32.6 Å². The Morgan fingerprint density at radius 1 is 1.12 bits per heavy atom. The summed E-state index contributed by atoms with van der Waals surface area (Å²) in [5.74, 6) is -1.44. The van der Waals surface area contributed by atoms with Gasteiger partial charge in [0, 0.05) is 12.6 Å². The van der Waals surface area contributed by atoms with Crippen LogP contribution in [0.1, 0.15) is 45.4 Å². The van der Waals surface area contributed by atoms with Gasteiger partial charge in [0.15, 0.2) is 0 Å². The molecule has 1 N–H and O–H groups in total. The zero-order valence-corrected chi connectivity index (χ0v) is 10.4. The van der Waals surface area contributed by atoms with Crippen molar-refractivity contribution in [3.05, 3.63) is 0 Å². The molecule has 2 unspecified atom stereocenters. The van der Waals surface area contributed by atoms with Gasteiger partial charge in [-0.2, -0.15) is 0 Å². The summed E-state index contributed by atoms with van der Waals surface area (Å²) in [5, 5.41) is 9.20. The van der Waals surface area contributed by atoms with E-state index in [-0.39, 0.29) is 11.8 Å². The predicted octanol–water partition coefficient (Wildman–Crippen LogP) is 1.89. The molecule has 2 fully saturated rings. The Labute approximate surface area is 102 Å². The van der Waals surface area contributed by atoms with Crippen LogP contribution in [0, 0.1) is 11.8 Å². The van der Waals surface area contributed by atoms with Crippen molar-refractivity contribution in [1.82, 2.24) is 4.90 Å². The summed E-state index contributed by atoms with van der Waals surface area (Å²) < 4.78 is 0. The molecule has 2 atom stereocenters. The quantitative estimate of drug-likeness (QED) is 0.815. The van der Waals surface area contributed by atoms with Crippen molar-refractivity contribution in [1.29, 1.82) is 0 Å². The van der Waals surface area contributed by atoms with E-state index in [0.29, 0.717) is 19.0 Å². The van der Waals surface area contributed by atoms with Crippen molar-refractivity contribution in [3.8, 4) is 0 Å². The highest BCUT2D eigenvalue weighted by Crippen LogP contribution is 2.35. The minimum atomic E-state index is -0.796. The molecule has 0 saturated heterocycles. The predicted molar refractivity (Wildman–Crippen MR) is 63.5 cm³/mol. The molecular weight excluding hydrogens is 218 g/mol. The number of carbonyl (C=O) groups excluding carboxylic acids is 1. The first kappa shape index (κ1) is 12.4. The zero-order valence-electron chi connectivity index (χ0n) is 10.4.